The third-order valence-corrected chi connectivity index (χ3v) is 2.88. The molecule has 0 aliphatic carbocycles. The van der Waals surface area contributed by atoms with Crippen molar-refractivity contribution in [3.05, 3.63) is 12.1 Å². The van der Waals surface area contributed by atoms with Crippen molar-refractivity contribution in [2.45, 2.75) is 18.6 Å². The molecule has 2 fully saturated rings. The molecular formula is C8H12BF3KNO. The second-order valence-corrected chi connectivity index (χ2v) is 4.01. The monoisotopic (exact) mass is 245 g/mol. The van der Waals surface area contributed by atoms with Crippen LogP contribution in [0.3, 0.4) is 0 Å². The summed E-state index contributed by atoms with van der Waals surface area (Å²) in [4.78, 5) is 1.83. The Morgan fingerprint density at radius 1 is 1.47 bits per heavy atom. The molecule has 0 radical (unpaired) electrons. The minimum atomic E-state index is -4.88. The van der Waals surface area contributed by atoms with Gasteiger partial charge in [0.25, 0.3) is 0 Å². The third kappa shape index (κ3) is 3.31. The van der Waals surface area contributed by atoms with E-state index in [4.69, 9.17) is 4.74 Å². The Bertz CT molecular complexity index is 261. The molecule has 2 atom stereocenters. The fraction of sp³-hybridized carbons (Fsp3) is 0.750. The first-order chi connectivity index (χ1) is 6.47. The van der Waals surface area contributed by atoms with E-state index in [1.807, 2.05) is 4.90 Å². The fourth-order valence-corrected chi connectivity index (χ4v) is 2.04. The fourth-order valence-electron chi connectivity index (χ4n) is 2.04. The molecule has 2 bridgehead atoms. The van der Waals surface area contributed by atoms with Crippen LogP contribution in [0, 0.1) is 0 Å². The maximum Gasteiger partial charge on any atom is 1.00 e. The SMILES string of the molecule is C=C(CN1CC2CC1CO2)[B-](F)(F)F.[K+]. The van der Waals surface area contributed by atoms with Gasteiger partial charge in [-0.3, -0.25) is 4.90 Å². The number of rotatable bonds is 3. The molecule has 0 N–H and O–H groups in total. The predicted molar refractivity (Wildman–Crippen MR) is 47.9 cm³/mol. The van der Waals surface area contributed by atoms with Crippen LogP contribution in [0.5, 0.6) is 0 Å². The van der Waals surface area contributed by atoms with Crippen molar-refractivity contribution in [3.63, 3.8) is 0 Å². The van der Waals surface area contributed by atoms with E-state index >= 15 is 0 Å². The van der Waals surface area contributed by atoms with Crippen molar-refractivity contribution >= 4 is 6.98 Å². The molecule has 2 aliphatic rings. The summed E-state index contributed by atoms with van der Waals surface area (Å²) in [6, 6.07) is 0.176. The minimum absolute atomic E-state index is 0. The van der Waals surface area contributed by atoms with E-state index in [9.17, 15) is 12.9 Å². The molecule has 0 spiro atoms. The molecular weight excluding hydrogens is 233 g/mol. The Kier molecular flexibility index (Phi) is 4.93. The summed E-state index contributed by atoms with van der Waals surface area (Å²) in [5.41, 5.74) is -0.599. The molecule has 0 aromatic heterocycles. The summed E-state index contributed by atoms with van der Waals surface area (Å²) in [5.74, 6) is 0. The molecule has 2 unspecified atom stereocenters. The summed E-state index contributed by atoms with van der Waals surface area (Å²) >= 11 is 0. The maximum absolute atomic E-state index is 12.2. The number of halogens is 3. The third-order valence-electron chi connectivity index (χ3n) is 2.88. The van der Waals surface area contributed by atoms with Gasteiger partial charge in [0.05, 0.1) is 12.7 Å². The van der Waals surface area contributed by atoms with Crippen molar-refractivity contribution in [1.29, 1.82) is 0 Å². The van der Waals surface area contributed by atoms with E-state index in [-0.39, 0.29) is 70.1 Å². The summed E-state index contributed by atoms with van der Waals surface area (Å²) < 4.78 is 42.1. The van der Waals surface area contributed by atoms with Gasteiger partial charge in [-0.05, 0) is 13.0 Å². The van der Waals surface area contributed by atoms with E-state index in [1.54, 1.807) is 0 Å². The Hall–Kier alpha value is 1.15. The second-order valence-electron chi connectivity index (χ2n) is 4.01. The van der Waals surface area contributed by atoms with Gasteiger partial charge in [-0.25, -0.2) is 0 Å². The zero-order chi connectivity index (χ0) is 10.3. The Labute approximate surface area is 130 Å². The maximum atomic E-state index is 12.2. The van der Waals surface area contributed by atoms with E-state index in [2.05, 4.69) is 6.58 Å². The van der Waals surface area contributed by atoms with E-state index in [0.29, 0.717) is 13.2 Å². The standard InChI is InChI=1S/C8H12BF3NO.K/c1-6(9(10,11)12)3-13-4-8-2-7(13)5-14-8;/h7-8H,1-5H2;/q-1;+1. The number of hydrogen-bond acceptors (Lipinski definition) is 2. The number of likely N-dealkylation sites (tertiary alicyclic amines) is 1. The first-order valence-electron chi connectivity index (χ1n) is 4.70. The Morgan fingerprint density at radius 3 is 2.53 bits per heavy atom. The van der Waals surface area contributed by atoms with Crippen LogP contribution < -0.4 is 51.4 Å². The molecule has 7 heteroatoms. The van der Waals surface area contributed by atoms with Crippen LogP contribution in [-0.4, -0.2) is 43.7 Å². The quantitative estimate of drug-likeness (QED) is 0.556. The zero-order valence-electron chi connectivity index (χ0n) is 8.76. The summed E-state index contributed by atoms with van der Waals surface area (Å²) in [6.07, 6.45) is 1.02. The zero-order valence-corrected chi connectivity index (χ0v) is 11.9. The molecule has 0 aromatic rings. The molecule has 2 heterocycles. The van der Waals surface area contributed by atoms with E-state index in [0.717, 1.165) is 6.42 Å². The molecule has 2 rings (SSSR count). The number of fused-ring (bicyclic) bond motifs is 2. The summed E-state index contributed by atoms with van der Waals surface area (Å²) in [5, 5.41) is 0. The Balaban J connectivity index is 0.00000112. The van der Waals surface area contributed by atoms with Crippen LogP contribution in [-0.2, 0) is 4.74 Å². The van der Waals surface area contributed by atoms with Crippen LogP contribution in [0.1, 0.15) is 6.42 Å². The minimum Gasteiger partial charge on any atom is -0.445 e. The van der Waals surface area contributed by atoms with Crippen LogP contribution in [0.2, 0.25) is 0 Å². The van der Waals surface area contributed by atoms with E-state index in [1.165, 1.54) is 0 Å². The van der Waals surface area contributed by atoms with Crippen LogP contribution in [0.4, 0.5) is 12.9 Å². The van der Waals surface area contributed by atoms with Gasteiger partial charge in [-0.15, -0.1) is 12.1 Å². The molecule has 0 saturated carbocycles. The molecule has 80 valence electrons. The van der Waals surface area contributed by atoms with Gasteiger partial charge in [0.15, 0.2) is 0 Å². The predicted octanol–water partition coefficient (Wildman–Crippen LogP) is -1.59. The smallest absolute Gasteiger partial charge is 0.445 e. The van der Waals surface area contributed by atoms with Gasteiger partial charge in [0.1, 0.15) is 0 Å². The van der Waals surface area contributed by atoms with E-state index < -0.39 is 12.4 Å². The number of nitrogens with zero attached hydrogens (tertiary/aromatic N) is 1. The number of ether oxygens (including phenoxy) is 1. The number of morpholine rings is 1. The van der Waals surface area contributed by atoms with Gasteiger partial charge in [0.2, 0.25) is 0 Å². The van der Waals surface area contributed by atoms with Crippen molar-refractivity contribution in [3.8, 4) is 0 Å². The van der Waals surface area contributed by atoms with Crippen molar-refractivity contribution < 1.29 is 69.1 Å². The molecule has 2 saturated heterocycles. The second kappa shape index (κ2) is 5.20. The molecule has 0 aromatic carbocycles. The van der Waals surface area contributed by atoms with Gasteiger partial charge in [0, 0.05) is 12.6 Å². The molecule has 0 amide bonds. The topological polar surface area (TPSA) is 12.5 Å². The summed E-state index contributed by atoms with van der Waals surface area (Å²) in [6.45, 7) is -0.640. The molecule has 15 heavy (non-hydrogen) atoms. The first kappa shape index (κ1) is 14.2. The van der Waals surface area contributed by atoms with Crippen molar-refractivity contribution in [1.82, 2.24) is 4.90 Å². The van der Waals surface area contributed by atoms with Crippen LogP contribution in [0.15, 0.2) is 12.1 Å². The largest absolute Gasteiger partial charge is 1.00 e. The van der Waals surface area contributed by atoms with Crippen molar-refractivity contribution in [2.24, 2.45) is 0 Å². The molecule has 2 nitrogen and oxygen atoms in total. The first-order valence-corrected chi connectivity index (χ1v) is 4.70. The van der Waals surface area contributed by atoms with Crippen LogP contribution in [0.25, 0.3) is 0 Å². The normalized spacial score (nSPS) is 30.3. The van der Waals surface area contributed by atoms with Crippen LogP contribution >= 0.6 is 0 Å². The summed E-state index contributed by atoms with van der Waals surface area (Å²) in [7, 11) is 0. The molecule has 2 aliphatic heterocycles. The number of hydrogen-bond donors (Lipinski definition) is 0. The van der Waals surface area contributed by atoms with Crippen molar-refractivity contribution in [2.75, 3.05) is 19.7 Å². The Morgan fingerprint density at radius 2 is 2.13 bits per heavy atom. The van der Waals surface area contributed by atoms with Gasteiger partial charge in [-0.2, -0.15) is 0 Å². The van der Waals surface area contributed by atoms with Gasteiger partial charge >= 0.3 is 58.4 Å². The van der Waals surface area contributed by atoms with Gasteiger partial charge in [-0.1, -0.05) is 0 Å². The van der Waals surface area contributed by atoms with Gasteiger partial charge < -0.3 is 17.7 Å². The average Bonchev–Trinajstić information content (AvgIpc) is 2.62. The average molecular weight is 245 g/mol.